The Morgan fingerprint density at radius 1 is 1.50 bits per heavy atom. The van der Waals surface area contributed by atoms with Crippen LogP contribution in [-0.4, -0.2) is 12.8 Å². The fourth-order valence-corrected chi connectivity index (χ4v) is 0.789. The maximum Gasteiger partial charge on any atom is 0.191 e. The molecule has 1 atom stereocenters. The quantitative estimate of drug-likeness (QED) is 0.474. The molecule has 0 saturated carbocycles. The van der Waals surface area contributed by atoms with Crippen molar-refractivity contribution in [2.24, 2.45) is 0 Å². The van der Waals surface area contributed by atoms with Crippen LogP contribution in [0.15, 0.2) is 0 Å². The third-order valence-electron chi connectivity index (χ3n) is 0.594. The molecule has 48 valence electrons. The zero-order valence-electron chi connectivity index (χ0n) is 5.23. The fourth-order valence-electron chi connectivity index (χ4n) is 0.263. The molecule has 0 rings (SSSR count). The van der Waals surface area contributed by atoms with E-state index in [9.17, 15) is 4.57 Å². The van der Waals surface area contributed by atoms with Crippen molar-refractivity contribution in [2.45, 2.75) is 13.8 Å². The summed E-state index contributed by atoms with van der Waals surface area (Å²) >= 11 is 0. The molecule has 4 heteroatoms. The number of rotatable bonds is 3. The molecule has 0 amide bonds. The Morgan fingerprint density at radius 2 is 2.00 bits per heavy atom. The topological polar surface area (TPSA) is 26.3 Å². The molecule has 0 aromatic heterocycles. The van der Waals surface area contributed by atoms with Crippen LogP contribution in [0.25, 0.3) is 0 Å². The summed E-state index contributed by atoms with van der Waals surface area (Å²) < 4.78 is 15.1. The molecule has 0 heterocycles. The van der Waals surface area contributed by atoms with Gasteiger partial charge in [0, 0.05) is 27.9 Å². The van der Waals surface area contributed by atoms with Gasteiger partial charge in [0.05, 0.1) is 6.61 Å². The van der Waals surface area contributed by atoms with Crippen LogP contribution in [0.3, 0.4) is 0 Å². The first-order valence-corrected chi connectivity index (χ1v) is 3.99. The average molecular weight is 170 g/mol. The standard InChI is InChI=1S/C4H11O2P.Ti/c1-3-6-7(5)4-2;/h7H,3-4H2,1-2H3;. The molecule has 0 radical (unpaired) electrons. The Labute approximate surface area is 65.7 Å². The Morgan fingerprint density at radius 3 is 2.12 bits per heavy atom. The van der Waals surface area contributed by atoms with E-state index in [-0.39, 0.29) is 21.7 Å². The minimum atomic E-state index is -1.63. The van der Waals surface area contributed by atoms with Crippen molar-refractivity contribution in [3.63, 3.8) is 0 Å². The molecule has 0 aromatic carbocycles. The molecule has 0 bridgehead atoms. The third-order valence-corrected chi connectivity index (χ3v) is 1.78. The summed E-state index contributed by atoms with van der Waals surface area (Å²) in [5.74, 6) is 0. The minimum Gasteiger partial charge on any atom is -0.331 e. The Kier molecular flexibility index (Phi) is 11.5. The molecule has 0 saturated heterocycles. The van der Waals surface area contributed by atoms with Crippen molar-refractivity contribution in [3.05, 3.63) is 0 Å². The van der Waals surface area contributed by atoms with Gasteiger partial charge >= 0.3 is 0 Å². The molecule has 0 aliphatic rings. The zero-order valence-corrected chi connectivity index (χ0v) is 7.79. The maximum atomic E-state index is 10.4. The van der Waals surface area contributed by atoms with Crippen LogP contribution in [-0.2, 0) is 30.8 Å². The summed E-state index contributed by atoms with van der Waals surface area (Å²) in [7, 11) is -1.63. The van der Waals surface area contributed by atoms with Crippen LogP contribution >= 0.6 is 8.03 Å². The minimum absolute atomic E-state index is 0. The molecule has 0 spiro atoms. The number of hydrogen-bond acceptors (Lipinski definition) is 2. The van der Waals surface area contributed by atoms with E-state index in [0.29, 0.717) is 12.8 Å². The van der Waals surface area contributed by atoms with Crippen molar-refractivity contribution in [1.82, 2.24) is 0 Å². The van der Waals surface area contributed by atoms with Gasteiger partial charge in [0.15, 0.2) is 8.03 Å². The van der Waals surface area contributed by atoms with Crippen LogP contribution < -0.4 is 0 Å². The molecule has 0 aromatic rings. The summed E-state index contributed by atoms with van der Waals surface area (Å²) in [5, 5.41) is 0. The second-order valence-corrected chi connectivity index (χ2v) is 2.90. The molecule has 1 unspecified atom stereocenters. The monoisotopic (exact) mass is 170 g/mol. The van der Waals surface area contributed by atoms with Crippen molar-refractivity contribution < 1.29 is 30.8 Å². The van der Waals surface area contributed by atoms with Crippen LogP contribution in [0, 0.1) is 0 Å². The third kappa shape index (κ3) is 6.90. The zero-order chi connectivity index (χ0) is 5.70. The fraction of sp³-hybridized carbons (Fsp3) is 1.00. The normalized spacial score (nSPS) is 12.2. The first-order valence-electron chi connectivity index (χ1n) is 2.46. The molecular weight excluding hydrogens is 159 g/mol. The Hall–Kier alpha value is 0.904. The van der Waals surface area contributed by atoms with Gasteiger partial charge < -0.3 is 4.52 Å². The molecule has 0 N–H and O–H groups in total. The predicted molar refractivity (Wildman–Crippen MR) is 31.2 cm³/mol. The van der Waals surface area contributed by atoms with E-state index in [0.717, 1.165) is 0 Å². The van der Waals surface area contributed by atoms with Gasteiger partial charge in [-0.25, -0.2) is 0 Å². The summed E-state index contributed by atoms with van der Waals surface area (Å²) in [6.45, 7) is 4.28. The van der Waals surface area contributed by atoms with E-state index < -0.39 is 8.03 Å². The smallest absolute Gasteiger partial charge is 0.191 e. The van der Waals surface area contributed by atoms with Crippen molar-refractivity contribution >= 4 is 8.03 Å². The predicted octanol–water partition coefficient (Wildman–Crippen LogP) is 1.52. The van der Waals surface area contributed by atoms with E-state index >= 15 is 0 Å². The van der Waals surface area contributed by atoms with Crippen LogP contribution in [0.4, 0.5) is 0 Å². The van der Waals surface area contributed by atoms with Gasteiger partial charge in [0.1, 0.15) is 0 Å². The average Bonchev–Trinajstić information content (AvgIpc) is 1.68. The van der Waals surface area contributed by atoms with Gasteiger partial charge in [0.25, 0.3) is 0 Å². The van der Waals surface area contributed by atoms with Crippen molar-refractivity contribution in [3.8, 4) is 0 Å². The second kappa shape index (κ2) is 7.90. The maximum absolute atomic E-state index is 10.4. The molecule has 0 aliphatic heterocycles. The van der Waals surface area contributed by atoms with E-state index in [1.807, 2.05) is 13.8 Å². The second-order valence-electron chi connectivity index (χ2n) is 1.16. The van der Waals surface area contributed by atoms with Crippen molar-refractivity contribution in [2.75, 3.05) is 12.8 Å². The van der Waals surface area contributed by atoms with Gasteiger partial charge in [-0.15, -0.1) is 0 Å². The van der Waals surface area contributed by atoms with Crippen LogP contribution in [0.2, 0.25) is 0 Å². The SMILES string of the molecule is CCO[PH](=O)CC.[Ti]. The first-order chi connectivity index (χ1) is 3.31. The van der Waals surface area contributed by atoms with E-state index in [2.05, 4.69) is 0 Å². The summed E-state index contributed by atoms with van der Waals surface area (Å²) in [5.41, 5.74) is 0. The largest absolute Gasteiger partial charge is 0.331 e. The van der Waals surface area contributed by atoms with Gasteiger partial charge in [-0.05, 0) is 6.92 Å². The Bertz CT molecular complexity index is 67.1. The van der Waals surface area contributed by atoms with E-state index in [1.165, 1.54) is 0 Å². The van der Waals surface area contributed by atoms with Crippen molar-refractivity contribution in [1.29, 1.82) is 0 Å². The van der Waals surface area contributed by atoms with Gasteiger partial charge in [0.2, 0.25) is 0 Å². The van der Waals surface area contributed by atoms with Gasteiger partial charge in [-0.3, -0.25) is 4.57 Å². The van der Waals surface area contributed by atoms with E-state index in [1.54, 1.807) is 0 Å². The molecular formula is C4H11O2PTi. The summed E-state index contributed by atoms with van der Waals surface area (Å²) in [6.07, 6.45) is 0.665. The molecule has 8 heavy (non-hydrogen) atoms. The van der Waals surface area contributed by atoms with E-state index in [4.69, 9.17) is 4.52 Å². The number of hydrogen-bond donors (Lipinski definition) is 0. The molecule has 2 nitrogen and oxygen atoms in total. The van der Waals surface area contributed by atoms with Gasteiger partial charge in [-0.1, -0.05) is 6.92 Å². The Balaban J connectivity index is 0. The van der Waals surface area contributed by atoms with Crippen LogP contribution in [0.1, 0.15) is 13.8 Å². The van der Waals surface area contributed by atoms with Crippen LogP contribution in [0.5, 0.6) is 0 Å². The summed E-state index contributed by atoms with van der Waals surface area (Å²) in [6, 6.07) is 0. The molecule has 0 fully saturated rings. The van der Waals surface area contributed by atoms with Gasteiger partial charge in [-0.2, -0.15) is 0 Å². The summed E-state index contributed by atoms with van der Waals surface area (Å²) in [4.78, 5) is 0. The first kappa shape index (κ1) is 11.7. The molecule has 0 aliphatic carbocycles.